The van der Waals surface area contributed by atoms with E-state index in [9.17, 15) is 0 Å². The summed E-state index contributed by atoms with van der Waals surface area (Å²) in [4.78, 5) is 0. The number of anilines is 1. The largest absolute Gasteiger partial charge is 0.381 e. The predicted molar refractivity (Wildman–Crippen MR) is 78.2 cm³/mol. The van der Waals surface area contributed by atoms with Crippen molar-refractivity contribution >= 4 is 33.2 Å². The molecule has 2 aliphatic rings. The molecule has 1 N–H and O–H groups in total. The van der Waals surface area contributed by atoms with Gasteiger partial charge in [-0.3, -0.25) is 0 Å². The van der Waals surface area contributed by atoms with E-state index in [0.29, 0.717) is 18.1 Å². The van der Waals surface area contributed by atoms with E-state index < -0.39 is 0 Å². The highest BCUT2D eigenvalue weighted by Gasteiger charge is 2.59. The van der Waals surface area contributed by atoms with Gasteiger partial charge in [0.25, 0.3) is 0 Å². The summed E-state index contributed by atoms with van der Waals surface area (Å²) in [5.41, 5.74) is 1.28. The molecule has 1 saturated heterocycles. The molecule has 0 amide bonds. The first-order chi connectivity index (χ1) is 8.50. The molecule has 0 bridgehead atoms. The summed E-state index contributed by atoms with van der Waals surface area (Å²) >= 11 is 9.54. The summed E-state index contributed by atoms with van der Waals surface area (Å²) < 4.78 is 6.74. The number of halogens is 2. The van der Waals surface area contributed by atoms with Crippen LogP contribution >= 0.6 is 27.5 Å². The Morgan fingerprint density at radius 1 is 1.44 bits per heavy atom. The van der Waals surface area contributed by atoms with Gasteiger partial charge in [-0.2, -0.15) is 0 Å². The lowest BCUT2D eigenvalue weighted by Gasteiger charge is -2.55. The van der Waals surface area contributed by atoms with Crippen molar-refractivity contribution in [3.05, 3.63) is 27.7 Å². The van der Waals surface area contributed by atoms with Gasteiger partial charge in [0.05, 0.1) is 11.1 Å². The predicted octanol–water partition coefficient (Wildman–Crippen LogP) is 4.33. The second kappa shape index (κ2) is 4.39. The Morgan fingerprint density at radius 3 is 2.94 bits per heavy atom. The summed E-state index contributed by atoms with van der Waals surface area (Å²) in [6, 6.07) is 6.50. The van der Waals surface area contributed by atoms with Crippen LogP contribution in [0.1, 0.15) is 20.3 Å². The average Bonchev–Trinajstić information content (AvgIpc) is 2.77. The lowest BCUT2D eigenvalue weighted by Crippen LogP contribution is -2.63. The van der Waals surface area contributed by atoms with E-state index >= 15 is 0 Å². The summed E-state index contributed by atoms with van der Waals surface area (Å²) in [6.07, 6.45) is 1.58. The Bertz CT molecular complexity index is 477. The van der Waals surface area contributed by atoms with Gasteiger partial charge in [-0.1, -0.05) is 25.4 Å². The Kier molecular flexibility index (Phi) is 3.12. The zero-order chi connectivity index (χ0) is 12.9. The third kappa shape index (κ3) is 1.87. The molecule has 1 aromatic carbocycles. The van der Waals surface area contributed by atoms with Crippen molar-refractivity contribution < 1.29 is 4.74 Å². The van der Waals surface area contributed by atoms with E-state index in [1.807, 2.05) is 12.1 Å². The van der Waals surface area contributed by atoms with E-state index in [-0.39, 0.29) is 5.41 Å². The number of fused-ring (bicyclic) bond motifs is 1. The van der Waals surface area contributed by atoms with Crippen molar-refractivity contribution in [2.45, 2.75) is 32.4 Å². The Morgan fingerprint density at radius 2 is 2.22 bits per heavy atom. The monoisotopic (exact) mass is 329 g/mol. The van der Waals surface area contributed by atoms with E-state index in [0.717, 1.165) is 28.2 Å². The van der Waals surface area contributed by atoms with Crippen LogP contribution in [0.4, 0.5) is 5.69 Å². The SMILES string of the molecule is CC1(C)C(Nc2ccc(Br)c(Cl)c2)C2CCOC21. The highest BCUT2D eigenvalue weighted by atomic mass is 79.9. The smallest absolute Gasteiger partial charge is 0.0694 e. The van der Waals surface area contributed by atoms with Crippen molar-refractivity contribution in [1.82, 2.24) is 0 Å². The van der Waals surface area contributed by atoms with Gasteiger partial charge in [0.1, 0.15) is 0 Å². The summed E-state index contributed by atoms with van der Waals surface area (Å²) in [6.45, 7) is 5.45. The zero-order valence-electron chi connectivity index (χ0n) is 10.5. The molecule has 1 aliphatic carbocycles. The molecule has 0 radical (unpaired) electrons. The molecule has 98 valence electrons. The van der Waals surface area contributed by atoms with Crippen molar-refractivity contribution in [2.24, 2.45) is 11.3 Å². The molecule has 3 unspecified atom stereocenters. The summed E-state index contributed by atoms with van der Waals surface area (Å²) in [7, 11) is 0. The van der Waals surface area contributed by atoms with Crippen LogP contribution in [-0.4, -0.2) is 18.8 Å². The zero-order valence-corrected chi connectivity index (χ0v) is 12.9. The van der Waals surface area contributed by atoms with Crippen LogP contribution in [0.2, 0.25) is 5.02 Å². The van der Waals surface area contributed by atoms with Crippen LogP contribution in [0.5, 0.6) is 0 Å². The molecule has 3 rings (SSSR count). The van der Waals surface area contributed by atoms with E-state index in [2.05, 4.69) is 41.2 Å². The lowest BCUT2D eigenvalue weighted by atomic mass is 9.57. The van der Waals surface area contributed by atoms with Crippen LogP contribution < -0.4 is 5.32 Å². The molecule has 4 heteroatoms. The van der Waals surface area contributed by atoms with Gasteiger partial charge in [-0.15, -0.1) is 0 Å². The molecule has 1 saturated carbocycles. The van der Waals surface area contributed by atoms with Crippen molar-refractivity contribution in [2.75, 3.05) is 11.9 Å². The minimum absolute atomic E-state index is 0.195. The molecule has 18 heavy (non-hydrogen) atoms. The fraction of sp³-hybridized carbons (Fsp3) is 0.571. The second-order valence-electron chi connectivity index (χ2n) is 5.82. The average molecular weight is 331 g/mol. The van der Waals surface area contributed by atoms with E-state index in [1.54, 1.807) is 0 Å². The number of rotatable bonds is 2. The maximum absolute atomic E-state index is 6.13. The van der Waals surface area contributed by atoms with Gasteiger partial charge in [0.15, 0.2) is 0 Å². The van der Waals surface area contributed by atoms with Gasteiger partial charge < -0.3 is 10.1 Å². The summed E-state index contributed by atoms with van der Waals surface area (Å²) in [5, 5.41) is 4.37. The number of benzene rings is 1. The number of hydrogen-bond donors (Lipinski definition) is 1. The Hall–Kier alpha value is -0.250. The highest BCUT2D eigenvalue weighted by molar-refractivity contribution is 9.10. The van der Waals surface area contributed by atoms with Gasteiger partial charge >= 0.3 is 0 Å². The van der Waals surface area contributed by atoms with Gasteiger partial charge in [-0.05, 0) is 40.5 Å². The Balaban J connectivity index is 1.78. The van der Waals surface area contributed by atoms with Gasteiger partial charge in [-0.25, -0.2) is 0 Å². The van der Waals surface area contributed by atoms with Crippen LogP contribution in [0.25, 0.3) is 0 Å². The molecule has 2 nitrogen and oxygen atoms in total. The molecule has 0 spiro atoms. The summed E-state index contributed by atoms with van der Waals surface area (Å²) in [5.74, 6) is 0.641. The first kappa shape index (κ1) is 12.8. The van der Waals surface area contributed by atoms with Crippen molar-refractivity contribution in [3.8, 4) is 0 Å². The first-order valence-corrected chi connectivity index (χ1v) is 7.50. The molecule has 2 fully saturated rings. The third-order valence-corrected chi connectivity index (χ3v) is 5.57. The Labute approximate surface area is 121 Å². The first-order valence-electron chi connectivity index (χ1n) is 6.33. The maximum Gasteiger partial charge on any atom is 0.0694 e. The number of hydrogen-bond acceptors (Lipinski definition) is 2. The van der Waals surface area contributed by atoms with Gasteiger partial charge in [0, 0.05) is 34.1 Å². The van der Waals surface area contributed by atoms with Crippen LogP contribution in [0, 0.1) is 11.3 Å². The molecular weight excluding hydrogens is 314 g/mol. The van der Waals surface area contributed by atoms with E-state index in [1.165, 1.54) is 0 Å². The molecule has 0 aromatic heterocycles. The van der Waals surface area contributed by atoms with Crippen LogP contribution in [0.15, 0.2) is 22.7 Å². The topological polar surface area (TPSA) is 21.3 Å². The fourth-order valence-corrected chi connectivity index (χ4v) is 3.81. The minimum atomic E-state index is 0.195. The number of nitrogens with one attached hydrogen (secondary N) is 1. The highest BCUT2D eigenvalue weighted by Crippen LogP contribution is 2.53. The lowest BCUT2D eigenvalue weighted by molar-refractivity contribution is -0.0923. The molecule has 3 atom stereocenters. The molecular formula is C14H17BrClNO. The second-order valence-corrected chi connectivity index (χ2v) is 7.08. The van der Waals surface area contributed by atoms with Crippen molar-refractivity contribution in [3.63, 3.8) is 0 Å². The van der Waals surface area contributed by atoms with Gasteiger partial charge in [0.2, 0.25) is 0 Å². The number of ether oxygens (including phenoxy) is 1. The quantitative estimate of drug-likeness (QED) is 0.871. The third-order valence-electron chi connectivity index (χ3n) is 4.34. The minimum Gasteiger partial charge on any atom is -0.381 e. The fourth-order valence-electron chi connectivity index (χ4n) is 3.38. The normalized spacial score (nSPS) is 32.8. The maximum atomic E-state index is 6.13. The van der Waals surface area contributed by atoms with Crippen molar-refractivity contribution in [1.29, 1.82) is 0 Å². The van der Waals surface area contributed by atoms with Crippen LogP contribution in [-0.2, 0) is 4.74 Å². The molecule has 1 heterocycles. The molecule has 1 aliphatic heterocycles. The van der Waals surface area contributed by atoms with Crippen LogP contribution in [0.3, 0.4) is 0 Å². The van der Waals surface area contributed by atoms with E-state index in [4.69, 9.17) is 16.3 Å². The molecule has 1 aromatic rings. The standard InChI is InChI=1S/C14H17BrClNO/c1-14(2)12(9-5-6-18-13(9)14)17-8-3-4-10(15)11(16)7-8/h3-4,7,9,12-13,17H,5-6H2,1-2H3.